The van der Waals surface area contributed by atoms with Crippen molar-refractivity contribution in [3.05, 3.63) is 72.6 Å². The number of alkyl carbamates (subject to hydrolysis) is 2. The van der Waals surface area contributed by atoms with Crippen molar-refractivity contribution in [2.24, 2.45) is 11.8 Å². The van der Waals surface area contributed by atoms with Gasteiger partial charge in [0.1, 0.15) is 23.7 Å². The van der Waals surface area contributed by atoms with Gasteiger partial charge in [-0.15, -0.1) is 0 Å². The van der Waals surface area contributed by atoms with Crippen LogP contribution in [0.5, 0.6) is 0 Å². The molecule has 4 atom stereocenters. The molecule has 4 N–H and O–H groups in total. The van der Waals surface area contributed by atoms with E-state index in [-0.39, 0.29) is 35.7 Å². The van der Waals surface area contributed by atoms with Gasteiger partial charge in [-0.05, 0) is 66.2 Å². The van der Waals surface area contributed by atoms with Crippen LogP contribution in [-0.4, -0.2) is 93.1 Å². The van der Waals surface area contributed by atoms with Crippen LogP contribution < -0.4 is 10.6 Å². The molecule has 4 heterocycles. The van der Waals surface area contributed by atoms with Crippen LogP contribution >= 0.6 is 0 Å². The van der Waals surface area contributed by atoms with Crippen LogP contribution in [0.25, 0.3) is 33.6 Å². The maximum absolute atomic E-state index is 13.7. The predicted octanol–water partition coefficient (Wildman–Crippen LogP) is 6.61. The predicted molar refractivity (Wildman–Crippen MR) is 207 cm³/mol. The summed E-state index contributed by atoms with van der Waals surface area (Å²) < 4.78 is 9.53. The number of methoxy groups -OCH3 is 2. The van der Waals surface area contributed by atoms with Gasteiger partial charge in [-0.3, -0.25) is 9.59 Å². The number of rotatable bonds is 11. The van der Waals surface area contributed by atoms with Gasteiger partial charge in [0.05, 0.1) is 50.1 Å². The summed E-state index contributed by atoms with van der Waals surface area (Å²) in [4.78, 5) is 71.1. The third-order valence-electron chi connectivity index (χ3n) is 10.7. The molecule has 55 heavy (non-hydrogen) atoms. The first-order chi connectivity index (χ1) is 26.5. The van der Waals surface area contributed by atoms with E-state index in [0.717, 1.165) is 77.4 Å². The van der Waals surface area contributed by atoms with Gasteiger partial charge in [-0.1, -0.05) is 76.2 Å². The van der Waals surface area contributed by atoms with E-state index >= 15 is 0 Å². The first kappa shape index (κ1) is 39.0. The van der Waals surface area contributed by atoms with Gasteiger partial charge in [0, 0.05) is 13.1 Å². The molecule has 0 spiro atoms. The Morgan fingerprint density at radius 1 is 0.618 bits per heavy atom. The molecule has 2 aliphatic heterocycles. The van der Waals surface area contributed by atoms with E-state index in [1.165, 1.54) is 14.2 Å². The molecule has 2 saturated heterocycles. The first-order valence-electron chi connectivity index (χ1n) is 19.1. The highest BCUT2D eigenvalue weighted by atomic mass is 16.5. The van der Waals surface area contributed by atoms with Crippen LogP contribution in [0.2, 0.25) is 0 Å². The molecule has 0 aliphatic carbocycles. The fourth-order valence-electron chi connectivity index (χ4n) is 7.54. The SMILES string of the molecule is COC(=O)N[C@H](C(=O)N1CCCC[C@H]1c1ncc(-c2ccc(-c3ccc(-c4cnc([C@@H]5CCCN5C(=O)[C@@H](NC(=O)OC)C(C)C)[nH]4)cc3)cc2)[nH]1)C(C)C. The molecule has 6 rings (SSSR count). The number of hydrogen-bond acceptors (Lipinski definition) is 8. The number of carbonyl (C=O) groups excluding carboxylic acids is 4. The van der Waals surface area contributed by atoms with E-state index in [1.54, 1.807) is 11.1 Å². The zero-order chi connectivity index (χ0) is 39.2. The maximum atomic E-state index is 13.7. The number of aromatic nitrogens is 4. The van der Waals surface area contributed by atoms with Gasteiger partial charge >= 0.3 is 12.2 Å². The highest BCUT2D eigenvalue weighted by Crippen LogP contribution is 2.35. The Morgan fingerprint density at radius 3 is 1.40 bits per heavy atom. The lowest BCUT2D eigenvalue weighted by Crippen LogP contribution is -2.53. The lowest BCUT2D eigenvalue weighted by Gasteiger charge is -2.37. The molecular formula is C41H52N8O6. The second-order valence-corrected chi connectivity index (χ2v) is 15.0. The van der Waals surface area contributed by atoms with E-state index in [2.05, 4.69) is 74.1 Å². The standard InChI is InChI=1S/C41H52N8O6/c1-24(2)34(46-40(52)54-5)38(50)48-20-8-7-10-32(48)36-42-22-30(44-36)28-16-12-26(13-17-28)27-14-18-29(19-15-27)31-23-43-37(45-31)33-11-9-21-49(33)39(51)35(25(3)4)47-41(53)55-6/h12-19,22-25,32-35H,7-11,20-21H2,1-6H3,(H,42,44)(H,43,45)(H,46,52)(H,47,53)/t32-,33-,34-,35-/m0/s1. The molecule has 2 aliphatic rings. The Labute approximate surface area is 321 Å². The molecule has 2 aromatic heterocycles. The normalized spacial score (nSPS) is 18.3. The number of imidazole rings is 2. The van der Waals surface area contributed by atoms with Crippen molar-refractivity contribution >= 4 is 24.0 Å². The van der Waals surface area contributed by atoms with Crippen LogP contribution in [0.15, 0.2) is 60.9 Å². The highest BCUT2D eigenvalue weighted by Gasteiger charge is 2.38. The topological polar surface area (TPSA) is 175 Å². The van der Waals surface area contributed by atoms with Gasteiger partial charge in [0.15, 0.2) is 0 Å². The molecule has 0 saturated carbocycles. The number of benzene rings is 2. The number of carbonyl (C=O) groups is 4. The van der Waals surface area contributed by atoms with E-state index < -0.39 is 24.3 Å². The summed E-state index contributed by atoms with van der Waals surface area (Å²) >= 11 is 0. The molecule has 2 aromatic carbocycles. The Morgan fingerprint density at radius 2 is 1.00 bits per heavy atom. The third-order valence-corrected chi connectivity index (χ3v) is 10.7. The lowest BCUT2D eigenvalue weighted by atomic mass is 9.97. The molecule has 4 amide bonds. The zero-order valence-corrected chi connectivity index (χ0v) is 32.4. The highest BCUT2D eigenvalue weighted by molar-refractivity contribution is 5.87. The van der Waals surface area contributed by atoms with E-state index in [0.29, 0.717) is 13.1 Å². The largest absolute Gasteiger partial charge is 0.453 e. The number of amides is 4. The minimum atomic E-state index is -0.692. The minimum Gasteiger partial charge on any atom is -0.453 e. The monoisotopic (exact) mass is 752 g/mol. The Kier molecular flexibility index (Phi) is 12.2. The summed E-state index contributed by atoms with van der Waals surface area (Å²) in [6.45, 7) is 8.80. The number of H-pyrrole nitrogens is 2. The van der Waals surface area contributed by atoms with Crippen LogP contribution in [0.3, 0.4) is 0 Å². The van der Waals surface area contributed by atoms with E-state index in [1.807, 2.05) is 38.8 Å². The number of hydrogen-bond donors (Lipinski definition) is 4. The van der Waals surface area contributed by atoms with Crippen molar-refractivity contribution in [2.75, 3.05) is 27.3 Å². The number of ether oxygens (including phenoxy) is 2. The van der Waals surface area contributed by atoms with Crippen molar-refractivity contribution in [1.82, 2.24) is 40.4 Å². The summed E-state index contributed by atoms with van der Waals surface area (Å²) in [6.07, 6.45) is 6.65. The second kappa shape index (κ2) is 17.2. The fourth-order valence-corrected chi connectivity index (χ4v) is 7.54. The number of nitrogens with zero attached hydrogens (tertiary/aromatic N) is 4. The quantitative estimate of drug-likeness (QED) is 0.132. The van der Waals surface area contributed by atoms with Crippen molar-refractivity contribution in [1.29, 1.82) is 0 Å². The van der Waals surface area contributed by atoms with Crippen molar-refractivity contribution in [2.45, 2.75) is 84.0 Å². The average molecular weight is 753 g/mol. The summed E-state index contributed by atoms with van der Waals surface area (Å²) in [5, 5.41) is 5.41. The van der Waals surface area contributed by atoms with Crippen LogP contribution in [0.4, 0.5) is 9.59 Å². The Bertz CT molecular complexity index is 1950. The number of piperidine rings is 1. The van der Waals surface area contributed by atoms with Crippen LogP contribution in [-0.2, 0) is 19.1 Å². The molecule has 0 unspecified atom stereocenters. The fraction of sp³-hybridized carbons (Fsp3) is 0.463. The summed E-state index contributed by atoms with van der Waals surface area (Å²) in [5.41, 5.74) is 5.79. The average Bonchev–Trinajstić information content (AvgIpc) is 4.00. The van der Waals surface area contributed by atoms with Crippen molar-refractivity contribution in [3.8, 4) is 33.6 Å². The molecule has 4 aromatic rings. The second-order valence-electron chi connectivity index (χ2n) is 15.0. The maximum Gasteiger partial charge on any atom is 0.407 e. The van der Waals surface area contributed by atoms with Gasteiger partial charge < -0.3 is 39.9 Å². The molecule has 14 nitrogen and oxygen atoms in total. The molecule has 14 heteroatoms. The molecule has 2 fully saturated rings. The van der Waals surface area contributed by atoms with Gasteiger partial charge in [0.25, 0.3) is 0 Å². The first-order valence-corrected chi connectivity index (χ1v) is 19.1. The number of nitrogens with one attached hydrogen (secondary N) is 4. The van der Waals surface area contributed by atoms with Gasteiger partial charge in [-0.25, -0.2) is 19.6 Å². The van der Waals surface area contributed by atoms with Crippen molar-refractivity contribution < 1.29 is 28.7 Å². The Hall–Kier alpha value is -5.66. The number of likely N-dealkylation sites (tertiary alicyclic amines) is 2. The zero-order valence-electron chi connectivity index (χ0n) is 32.4. The van der Waals surface area contributed by atoms with Gasteiger partial charge in [-0.2, -0.15) is 0 Å². The van der Waals surface area contributed by atoms with E-state index in [9.17, 15) is 19.2 Å². The summed E-state index contributed by atoms with van der Waals surface area (Å²) in [5.74, 6) is 0.966. The smallest absolute Gasteiger partial charge is 0.407 e. The van der Waals surface area contributed by atoms with Crippen molar-refractivity contribution in [3.63, 3.8) is 0 Å². The van der Waals surface area contributed by atoms with E-state index in [4.69, 9.17) is 14.5 Å². The Balaban J connectivity index is 1.11. The minimum absolute atomic E-state index is 0.104. The number of aromatic amines is 2. The summed E-state index contributed by atoms with van der Waals surface area (Å²) in [7, 11) is 2.58. The molecule has 0 radical (unpaired) electrons. The van der Waals surface area contributed by atoms with Crippen LogP contribution in [0.1, 0.15) is 83.5 Å². The lowest BCUT2D eigenvalue weighted by molar-refractivity contribution is -0.138. The molecular weight excluding hydrogens is 701 g/mol. The summed E-state index contributed by atoms with van der Waals surface area (Å²) in [6, 6.07) is 14.7. The molecule has 0 bridgehead atoms. The molecule has 292 valence electrons. The van der Waals surface area contributed by atoms with Crippen LogP contribution in [0, 0.1) is 11.8 Å². The third kappa shape index (κ3) is 8.68. The van der Waals surface area contributed by atoms with Gasteiger partial charge in [0.2, 0.25) is 11.8 Å².